The first kappa shape index (κ1) is 9.44. The van der Waals surface area contributed by atoms with Crippen LogP contribution in [0.2, 0.25) is 0 Å². The molecule has 0 unspecified atom stereocenters. The monoisotopic (exact) mass is 182 g/mol. The van der Waals surface area contributed by atoms with Crippen molar-refractivity contribution in [3.8, 4) is 6.01 Å². The number of ether oxygens (including phenoxy) is 1. The molecule has 0 saturated heterocycles. The van der Waals surface area contributed by atoms with Crippen LogP contribution in [0.25, 0.3) is 0 Å². The number of hydrogen-bond donors (Lipinski definition) is 2. The number of nitrogens with one attached hydrogen (secondary N) is 1. The van der Waals surface area contributed by atoms with Crippen LogP contribution in [0.1, 0.15) is 20.8 Å². The van der Waals surface area contributed by atoms with Gasteiger partial charge in [0.2, 0.25) is 0 Å². The number of nitrogens with zero attached hydrogens (tertiary/aromatic N) is 2. The quantitative estimate of drug-likeness (QED) is 0.685. The summed E-state index contributed by atoms with van der Waals surface area (Å²) >= 11 is 0. The van der Waals surface area contributed by atoms with Crippen molar-refractivity contribution in [2.24, 2.45) is 0 Å². The van der Waals surface area contributed by atoms with Crippen molar-refractivity contribution in [1.82, 2.24) is 9.97 Å². The minimum absolute atomic E-state index is 0. The van der Waals surface area contributed by atoms with Crippen LogP contribution >= 0.6 is 0 Å². The van der Waals surface area contributed by atoms with Gasteiger partial charge in [-0.25, -0.2) is 4.98 Å². The highest BCUT2D eigenvalue weighted by Gasteiger charge is 2.03. The topological polar surface area (TPSA) is 84.9 Å². The fourth-order valence-electron chi connectivity index (χ4n) is 0.766. The Hall–Kier alpha value is -1.65. The van der Waals surface area contributed by atoms with Gasteiger partial charge >= 0.3 is 6.01 Å². The Morgan fingerprint density at radius 2 is 2.38 bits per heavy atom. The molecule has 0 spiro atoms. The van der Waals surface area contributed by atoms with Crippen LogP contribution in [0, 0.1) is 5.41 Å². The van der Waals surface area contributed by atoms with Gasteiger partial charge in [0, 0.05) is 13.8 Å². The van der Waals surface area contributed by atoms with Gasteiger partial charge in [-0.3, -0.25) is 0 Å². The Bertz CT molecular complexity index is 316. The lowest BCUT2D eigenvalue weighted by Gasteiger charge is -2.07. The van der Waals surface area contributed by atoms with E-state index < -0.39 is 0 Å². The molecule has 0 saturated carbocycles. The molecule has 72 valence electrons. The van der Waals surface area contributed by atoms with E-state index in [2.05, 4.69) is 9.97 Å². The van der Waals surface area contributed by atoms with E-state index in [0.717, 1.165) is 6.21 Å². The van der Waals surface area contributed by atoms with Crippen LogP contribution in [0.3, 0.4) is 0 Å². The third kappa shape index (κ3) is 2.40. The van der Waals surface area contributed by atoms with Gasteiger partial charge in [0.05, 0.1) is 11.7 Å². The molecule has 0 aromatic carbocycles. The maximum atomic E-state index is 6.97. The maximum Gasteiger partial charge on any atom is 0.318 e. The number of anilines is 1. The molecular formula is C8H14N4O. The van der Waals surface area contributed by atoms with Crippen molar-refractivity contribution in [3.05, 3.63) is 11.8 Å². The molecule has 0 aliphatic rings. The van der Waals surface area contributed by atoms with Gasteiger partial charge in [-0.15, -0.1) is 0 Å². The second-order valence-corrected chi connectivity index (χ2v) is 2.80. The molecule has 0 amide bonds. The van der Waals surface area contributed by atoms with Crippen LogP contribution in [0.5, 0.6) is 6.01 Å². The Kier molecular flexibility index (Phi) is 2.79. The average molecular weight is 182 g/mol. The minimum Gasteiger partial charge on any atom is -0.461 e. The zero-order chi connectivity index (χ0) is 9.84. The summed E-state index contributed by atoms with van der Waals surface area (Å²) in [6, 6.07) is 0.248. The van der Waals surface area contributed by atoms with E-state index >= 15 is 0 Å². The largest absolute Gasteiger partial charge is 0.461 e. The predicted molar refractivity (Wildman–Crippen MR) is 52.2 cm³/mol. The normalized spacial score (nSPS) is 10.1. The van der Waals surface area contributed by atoms with E-state index in [9.17, 15) is 0 Å². The van der Waals surface area contributed by atoms with Crippen LogP contribution in [0.15, 0.2) is 6.20 Å². The van der Waals surface area contributed by atoms with Crippen molar-refractivity contribution in [3.63, 3.8) is 0 Å². The third-order valence-electron chi connectivity index (χ3n) is 1.32. The summed E-state index contributed by atoms with van der Waals surface area (Å²) in [5.74, 6) is 0.264. The lowest BCUT2D eigenvalue weighted by Crippen LogP contribution is -2.10. The van der Waals surface area contributed by atoms with Crippen molar-refractivity contribution in [1.29, 1.82) is 5.41 Å². The average Bonchev–Trinajstić information content (AvgIpc) is 2.03. The Morgan fingerprint density at radius 3 is 2.85 bits per heavy atom. The van der Waals surface area contributed by atoms with Gasteiger partial charge in [0.1, 0.15) is 5.82 Å². The van der Waals surface area contributed by atoms with Crippen molar-refractivity contribution in [2.45, 2.75) is 20.0 Å². The number of aromatic nitrogens is 2. The summed E-state index contributed by atoms with van der Waals surface area (Å²) in [4.78, 5) is 7.76. The number of nitrogens with two attached hydrogens (primary N) is 1. The second kappa shape index (κ2) is 3.84. The van der Waals surface area contributed by atoms with E-state index in [4.69, 9.17) is 15.9 Å². The fraction of sp³-hybridized carbons (Fsp3) is 0.375. The Labute approximate surface area is 78.0 Å². The summed E-state index contributed by atoms with van der Waals surface area (Å²) in [6.07, 6.45) is 2.59. The molecule has 1 aromatic heterocycles. The van der Waals surface area contributed by atoms with Crippen LogP contribution in [-0.2, 0) is 0 Å². The molecule has 1 heterocycles. The van der Waals surface area contributed by atoms with Crippen molar-refractivity contribution >= 4 is 12.0 Å². The molecular weight excluding hydrogens is 168 g/mol. The molecule has 0 aliphatic heterocycles. The van der Waals surface area contributed by atoms with Gasteiger partial charge in [0.25, 0.3) is 0 Å². The van der Waals surface area contributed by atoms with E-state index in [1.165, 1.54) is 6.20 Å². The summed E-state index contributed by atoms with van der Waals surface area (Å²) in [5, 5.41) is 6.97. The minimum atomic E-state index is 0. The molecule has 0 bridgehead atoms. The third-order valence-corrected chi connectivity index (χ3v) is 1.32. The molecule has 5 nitrogen and oxygen atoms in total. The molecule has 0 atom stereocenters. The zero-order valence-electron chi connectivity index (χ0n) is 7.61. The molecule has 13 heavy (non-hydrogen) atoms. The summed E-state index contributed by atoms with van der Waals surface area (Å²) in [7, 11) is 0. The van der Waals surface area contributed by atoms with E-state index in [0.29, 0.717) is 5.56 Å². The summed E-state index contributed by atoms with van der Waals surface area (Å²) < 4.78 is 5.22. The van der Waals surface area contributed by atoms with Crippen LogP contribution in [-0.4, -0.2) is 22.3 Å². The first-order valence-corrected chi connectivity index (χ1v) is 3.93. The van der Waals surface area contributed by atoms with Crippen LogP contribution < -0.4 is 10.5 Å². The zero-order valence-corrected chi connectivity index (χ0v) is 7.61. The predicted octanol–water partition coefficient (Wildman–Crippen LogP) is 1.09. The highest BCUT2D eigenvalue weighted by atomic mass is 16.5. The molecule has 0 radical (unpaired) electrons. The SMILES string of the molecule is CC(C)Oc1ncc(C=N)c(N)n1.[HH]. The summed E-state index contributed by atoms with van der Waals surface area (Å²) in [6.45, 7) is 3.76. The Balaban J connectivity index is 0.00000169. The molecule has 0 aliphatic carbocycles. The lowest BCUT2D eigenvalue weighted by molar-refractivity contribution is 0.222. The molecule has 3 N–H and O–H groups in total. The standard InChI is InChI=1S/C8H12N4O.H2/c1-5(2)13-8-11-4-6(3-9)7(10)12-8;/h3-5,9H,1-2H3,(H2,10,11,12);1H. The molecule has 1 aromatic rings. The van der Waals surface area contributed by atoms with E-state index in [1.54, 1.807) is 0 Å². The van der Waals surface area contributed by atoms with Gasteiger partial charge in [-0.1, -0.05) is 0 Å². The number of nitrogen functional groups attached to an aromatic ring is 1. The van der Waals surface area contributed by atoms with E-state index in [-0.39, 0.29) is 19.4 Å². The van der Waals surface area contributed by atoms with E-state index in [1.807, 2.05) is 13.8 Å². The molecule has 0 fully saturated rings. The summed E-state index contributed by atoms with van der Waals surface area (Å²) in [5.41, 5.74) is 6.02. The Morgan fingerprint density at radius 1 is 1.69 bits per heavy atom. The van der Waals surface area contributed by atoms with Gasteiger partial charge < -0.3 is 15.9 Å². The lowest BCUT2D eigenvalue weighted by atomic mass is 10.3. The number of hydrogen-bond acceptors (Lipinski definition) is 5. The van der Waals surface area contributed by atoms with Gasteiger partial charge in [-0.05, 0) is 13.8 Å². The smallest absolute Gasteiger partial charge is 0.318 e. The van der Waals surface area contributed by atoms with Crippen molar-refractivity contribution < 1.29 is 6.16 Å². The highest BCUT2D eigenvalue weighted by Crippen LogP contribution is 2.10. The molecule has 5 heteroatoms. The first-order chi connectivity index (χ1) is 6.13. The highest BCUT2D eigenvalue weighted by molar-refractivity contribution is 5.82. The van der Waals surface area contributed by atoms with Crippen molar-refractivity contribution in [2.75, 3.05) is 5.73 Å². The maximum absolute atomic E-state index is 6.97. The molecule has 1 rings (SSSR count). The first-order valence-electron chi connectivity index (χ1n) is 3.93. The van der Waals surface area contributed by atoms with Crippen LogP contribution in [0.4, 0.5) is 5.82 Å². The van der Waals surface area contributed by atoms with Gasteiger partial charge in [-0.2, -0.15) is 4.98 Å². The van der Waals surface area contributed by atoms with Gasteiger partial charge in [0.15, 0.2) is 0 Å². The fourth-order valence-corrected chi connectivity index (χ4v) is 0.766. The second-order valence-electron chi connectivity index (χ2n) is 2.80. The number of rotatable bonds is 3.